The highest BCUT2D eigenvalue weighted by molar-refractivity contribution is 5.69. The van der Waals surface area contributed by atoms with Gasteiger partial charge in [-0.1, -0.05) is 0 Å². The maximum Gasteiger partial charge on any atom is 0.317 e. The van der Waals surface area contributed by atoms with E-state index in [0.717, 1.165) is 37.6 Å². The van der Waals surface area contributed by atoms with Crippen LogP contribution in [0.1, 0.15) is 37.3 Å². The van der Waals surface area contributed by atoms with Crippen molar-refractivity contribution in [2.45, 2.75) is 37.6 Å². The first-order chi connectivity index (χ1) is 13.5. The molecule has 0 bridgehead atoms. The lowest BCUT2D eigenvalue weighted by Gasteiger charge is -2.36. The third-order valence-electron chi connectivity index (χ3n) is 5.70. The molecule has 1 saturated heterocycles. The molecule has 0 unspecified atom stereocenters. The second-order valence-electron chi connectivity index (χ2n) is 7.74. The summed E-state index contributed by atoms with van der Waals surface area (Å²) in [5.41, 5.74) is 1.20. The smallest absolute Gasteiger partial charge is 0.317 e. The molecule has 9 heteroatoms. The molecule has 0 atom stereocenters. The van der Waals surface area contributed by atoms with Crippen molar-refractivity contribution >= 4 is 23.6 Å². The fourth-order valence-electron chi connectivity index (χ4n) is 3.73. The van der Waals surface area contributed by atoms with Gasteiger partial charge in [0.15, 0.2) is 5.82 Å². The molecule has 150 valence electrons. The molecule has 0 spiro atoms. The van der Waals surface area contributed by atoms with Crippen LogP contribution in [0.5, 0.6) is 0 Å². The van der Waals surface area contributed by atoms with Crippen LogP contribution in [0.4, 0.5) is 17.6 Å². The van der Waals surface area contributed by atoms with Gasteiger partial charge in [0.05, 0.1) is 6.54 Å². The van der Waals surface area contributed by atoms with Crippen molar-refractivity contribution in [3.63, 3.8) is 0 Å². The summed E-state index contributed by atoms with van der Waals surface area (Å²) in [6.07, 6.45) is 6.05. The highest BCUT2D eigenvalue weighted by Crippen LogP contribution is 2.40. The first-order valence-corrected chi connectivity index (χ1v) is 9.80. The Bertz CT molecular complexity index is 827. The highest BCUT2D eigenvalue weighted by atomic mass is 16.4. The predicted molar refractivity (Wildman–Crippen MR) is 106 cm³/mol. The third-order valence-corrected chi connectivity index (χ3v) is 5.70. The topological polar surface area (TPSA) is 101 Å². The second-order valence-corrected chi connectivity index (χ2v) is 7.74. The number of aliphatic carboxylic acids is 1. The van der Waals surface area contributed by atoms with Crippen molar-refractivity contribution in [1.82, 2.24) is 25.1 Å². The van der Waals surface area contributed by atoms with E-state index in [1.807, 2.05) is 30.0 Å². The van der Waals surface area contributed by atoms with Crippen molar-refractivity contribution < 1.29 is 9.90 Å². The van der Waals surface area contributed by atoms with Crippen LogP contribution in [0.25, 0.3) is 0 Å². The van der Waals surface area contributed by atoms with Crippen molar-refractivity contribution in [2.24, 2.45) is 0 Å². The number of piperidine rings is 1. The number of aromatic amines is 1. The van der Waals surface area contributed by atoms with Gasteiger partial charge in [0.25, 0.3) is 0 Å². The predicted octanol–water partition coefficient (Wildman–Crippen LogP) is 1.83. The van der Waals surface area contributed by atoms with Crippen LogP contribution in [-0.2, 0) is 4.79 Å². The minimum Gasteiger partial charge on any atom is -0.480 e. The molecule has 2 N–H and O–H groups in total. The maximum absolute atomic E-state index is 10.9. The Morgan fingerprint density at radius 2 is 2.00 bits per heavy atom. The summed E-state index contributed by atoms with van der Waals surface area (Å²) < 4.78 is 0. The van der Waals surface area contributed by atoms with Crippen LogP contribution in [-0.4, -0.2) is 75.9 Å². The average molecular weight is 385 g/mol. The van der Waals surface area contributed by atoms with Crippen molar-refractivity contribution in [3.05, 3.63) is 24.0 Å². The summed E-state index contributed by atoms with van der Waals surface area (Å²) in [4.78, 5) is 26.1. The van der Waals surface area contributed by atoms with E-state index in [1.54, 1.807) is 6.20 Å². The molecular formula is C19H27N7O2. The third kappa shape index (κ3) is 4.09. The lowest BCUT2D eigenvalue weighted by molar-refractivity contribution is -0.138. The highest BCUT2D eigenvalue weighted by Gasteiger charge is 2.27. The maximum atomic E-state index is 10.9. The molecule has 2 aromatic rings. The van der Waals surface area contributed by atoms with Crippen LogP contribution >= 0.6 is 0 Å². The number of hydrogen-bond donors (Lipinski definition) is 2. The van der Waals surface area contributed by atoms with E-state index in [-0.39, 0.29) is 6.54 Å². The number of H-pyrrole nitrogens is 1. The standard InChI is InChI=1S/C19H27N7O2/c1-24(14-6-9-26(10-7-14)12-18(27)28)19-20-8-5-16(21-19)25(2)17-11-15(22-23-17)13-3-4-13/h5,8,11,13-14H,3-4,6-7,9-10,12H2,1-2H3,(H,22,23)(H,27,28). The molecule has 0 amide bonds. The lowest BCUT2D eigenvalue weighted by Crippen LogP contribution is -2.45. The number of carbonyl (C=O) groups is 1. The summed E-state index contributed by atoms with van der Waals surface area (Å²) in [6.45, 7) is 1.66. The average Bonchev–Trinajstić information content (AvgIpc) is 3.44. The van der Waals surface area contributed by atoms with Crippen LogP contribution in [0, 0.1) is 0 Å². The van der Waals surface area contributed by atoms with Gasteiger partial charge >= 0.3 is 5.97 Å². The minimum absolute atomic E-state index is 0.111. The van der Waals surface area contributed by atoms with E-state index in [2.05, 4.69) is 26.1 Å². The van der Waals surface area contributed by atoms with Crippen molar-refractivity contribution in [2.75, 3.05) is 43.5 Å². The Labute approximate surface area is 164 Å². The van der Waals surface area contributed by atoms with Gasteiger partial charge in [0.1, 0.15) is 5.82 Å². The summed E-state index contributed by atoms with van der Waals surface area (Å²) in [5, 5.41) is 16.5. The van der Waals surface area contributed by atoms with Gasteiger partial charge in [0.2, 0.25) is 5.95 Å². The second kappa shape index (κ2) is 7.75. The molecule has 0 radical (unpaired) electrons. The van der Waals surface area contributed by atoms with Crippen LogP contribution < -0.4 is 9.80 Å². The zero-order valence-electron chi connectivity index (χ0n) is 16.4. The molecular weight excluding hydrogens is 358 g/mol. The Hall–Kier alpha value is -2.68. The number of carboxylic acids is 1. The number of nitrogens with zero attached hydrogens (tertiary/aromatic N) is 6. The van der Waals surface area contributed by atoms with Gasteiger partial charge in [-0.25, -0.2) is 4.98 Å². The van der Waals surface area contributed by atoms with E-state index in [9.17, 15) is 4.79 Å². The molecule has 9 nitrogen and oxygen atoms in total. The normalized spacial score (nSPS) is 18.2. The minimum atomic E-state index is -0.769. The largest absolute Gasteiger partial charge is 0.480 e. The van der Waals surface area contributed by atoms with E-state index in [0.29, 0.717) is 17.9 Å². The molecule has 4 rings (SSSR count). The van der Waals surface area contributed by atoms with Crippen LogP contribution in [0.3, 0.4) is 0 Å². The number of anilines is 3. The fourth-order valence-corrected chi connectivity index (χ4v) is 3.73. The number of likely N-dealkylation sites (tertiary alicyclic amines) is 1. The summed E-state index contributed by atoms with van der Waals surface area (Å²) in [5.74, 6) is 2.20. The number of aromatic nitrogens is 4. The molecule has 2 aliphatic rings. The molecule has 28 heavy (non-hydrogen) atoms. The Morgan fingerprint density at radius 1 is 1.25 bits per heavy atom. The van der Waals surface area contributed by atoms with E-state index >= 15 is 0 Å². The van der Waals surface area contributed by atoms with Gasteiger partial charge < -0.3 is 14.9 Å². The summed E-state index contributed by atoms with van der Waals surface area (Å²) in [6, 6.07) is 4.29. The quantitative estimate of drug-likeness (QED) is 0.744. The molecule has 1 saturated carbocycles. The number of hydrogen-bond acceptors (Lipinski definition) is 7. The number of carboxylic acid groups (broad SMARTS) is 1. The number of nitrogens with one attached hydrogen (secondary N) is 1. The van der Waals surface area contributed by atoms with Gasteiger partial charge in [-0.3, -0.25) is 14.8 Å². The first-order valence-electron chi connectivity index (χ1n) is 9.80. The molecule has 2 aromatic heterocycles. The van der Waals surface area contributed by atoms with Gasteiger partial charge in [-0.15, -0.1) is 0 Å². The first kappa shape index (κ1) is 18.7. The molecule has 1 aliphatic carbocycles. The Morgan fingerprint density at radius 3 is 2.68 bits per heavy atom. The fraction of sp³-hybridized carbons (Fsp3) is 0.579. The summed E-state index contributed by atoms with van der Waals surface area (Å²) in [7, 11) is 3.97. The monoisotopic (exact) mass is 385 g/mol. The van der Waals surface area contributed by atoms with Crippen LogP contribution in [0.15, 0.2) is 18.3 Å². The van der Waals surface area contributed by atoms with Gasteiger partial charge in [-0.05, 0) is 31.7 Å². The molecule has 3 heterocycles. The van der Waals surface area contributed by atoms with Gasteiger partial charge in [0, 0.05) is 57.1 Å². The Balaban J connectivity index is 1.42. The molecule has 2 fully saturated rings. The summed E-state index contributed by atoms with van der Waals surface area (Å²) >= 11 is 0. The lowest BCUT2D eigenvalue weighted by atomic mass is 10.0. The SMILES string of the molecule is CN(c1cc(C2CC2)[nH]n1)c1ccnc(N(C)C2CCN(CC(=O)O)CC2)n1. The zero-order valence-corrected chi connectivity index (χ0v) is 16.4. The molecule has 1 aliphatic heterocycles. The zero-order chi connectivity index (χ0) is 19.7. The van der Waals surface area contributed by atoms with Gasteiger partial charge in [-0.2, -0.15) is 10.1 Å². The van der Waals surface area contributed by atoms with Crippen molar-refractivity contribution in [3.8, 4) is 0 Å². The number of rotatable bonds is 7. The molecule has 0 aromatic carbocycles. The van der Waals surface area contributed by atoms with E-state index in [1.165, 1.54) is 18.5 Å². The van der Waals surface area contributed by atoms with E-state index in [4.69, 9.17) is 10.1 Å². The van der Waals surface area contributed by atoms with Crippen molar-refractivity contribution in [1.29, 1.82) is 0 Å². The van der Waals surface area contributed by atoms with Crippen LogP contribution in [0.2, 0.25) is 0 Å². The van der Waals surface area contributed by atoms with E-state index < -0.39 is 5.97 Å². The Kier molecular flexibility index (Phi) is 5.17.